The van der Waals surface area contributed by atoms with Crippen molar-refractivity contribution in [1.82, 2.24) is 14.6 Å². The van der Waals surface area contributed by atoms with Crippen LogP contribution < -0.4 is 0 Å². The Morgan fingerprint density at radius 2 is 2.00 bits per heavy atom. The van der Waals surface area contributed by atoms with Crippen LogP contribution in [0.1, 0.15) is 41.4 Å². The maximum atomic E-state index is 12.7. The number of hydrogen-bond donors (Lipinski definition) is 1. The van der Waals surface area contributed by atoms with E-state index in [4.69, 9.17) is 5.11 Å². The number of rotatable bonds is 2. The van der Waals surface area contributed by atoms with Crippen molar-refractivity contribution in [2.45, 2.75) is 25.9 Å². The van der Waals surface area contributed by atoms with Gasteiger partial charge in [0, 0.05) is 6.20 Å². The molecule has 2 aromatic heterocycles. The van der Waals surface area contributed by atoms with Crippen molar-refractivity contribution in [3.8, 4) is 0 Å². The predicted molar refractivity (Wildman–Crippen MR) is 59.0 cm³/mol. The number of nitrogens with zero attached hydrogens (tertiary/aromatic N) is 3. The fourth-order valence-electron chi connectivity index (χ4n) is 1.87. The molecule has 0 atom stereocenters. The van der Waals surface area contributed by atoms with Crippen molar-refractivity contribution < 1.29 is 23.1 Å². The van der Waals surface area contributed by atoms with E-state index in [1.807, 2.05) is 0 Å². The van der Waals surface area contributed by atoms with Crippen molar-refractivity contribution in [1.29, 1.82) is 0 Å². The summed E-state index contributed by atoms with van der Waals surface area (Å²) in [6.07, 6.45) is -2.99. The van der Waals surface area contributed by atoms with E-state index < -0.39 is 17.7 Å². The van der Waals surface area contributed by atoms with Crippen molar-refractivity contribution in [2.75, 3.05) is 0 Å². The Hall–Kier alpha value is -2.12. The van der Waals surface area contributed by atoms with Gasteiger partial charge in [0.25, 0.3) is 0 Å². The second kappa shape index (κ2) is 4.22. The van der Waals surface area contributed by atoms with Gasteiger partial charge in [0.1, 0.15) is 5.56 Å². The third kappa shape index (κ3) is 2.13. The van der Waals surface area contributed by atoms with Crippen LogP contribution in [-0.2, 0) is 6.18 Å². The summed E-state index contributed by atoms with van der Waals surface area (Å²) in [5, 5.41) is 12.7. The number of alkyl halides is 3. The summed E-state index contributed by atoms with van der Waals surface area (Å²) in [6.45, 7) is 3.35. The summed E-state index contributed by atoms with van der Waals surface area (Å²) >= 11 is 0. The molecule has 19 heavy (non-hydrogen) atoms. The van der Waals surface area contributed by atoms with Gasteiger partial charge in [-0.05, 0) is 5.92 Å². The van der Waals surface area contributed by atoms with Crippen molar-refractivity contribution in [3.63, 3.8) is 0 Å². The molecule has 2 aromatic rings. The number of halogens is 3. The molecule has 0 aromatic carbocycles. The highest BCUT2D eigenvalue weighted by Crippen LogP contribution is 2.33. The molecule has 0 unspecified atom stereocenters. The summed E-state index contributed by atoms with van der Waals surface area (Å²) in [6, 6.07) is 0. The predicted octanol–water partition coefficient (Wildman–Crippen LogP) is 2.57. The number of aromatic nitrogens is 3. The number of hydrogen-bond acceptors (Lipinski definition) is 3. The van der Waals surface area contributed by atoms with E-state index in [0.717, 1.165) is 10.7 Å². The molecule has 0 spiro atoms. The molecule has 1 N–H and O–H groups in total. The number of aromatic carboxylic acids is 1. The highest BCUT2D eigenvalue weighted by molar-refractivity contribution is 5.89. The first-order valence-corrected chi connectivity index (χ1v) is 5.40. The Morgan fingerprint density at radius 1 is 1.37 bits per heavy atom. The first-order chi connectivity index (χ1) is 8.73. The van der Waals surface area contributed by atoms with E-state index in [1.54, 1.807) is 13.8 Å². The van der Waals surface area contributed by atoms with Gasteiger partial charge >= 0.3 is 12.1 Å². The lowest BCUT2D eigenvalue weighted by Crippen LogP contribution is -2.13. The maximum Gasteiger partial charge on any atom is 0.421 e. The first-order valence-electron chi connectivity index (χ1n) is 5.40. The molecule has 102 valence electrons. The molecule has 0 saturated heterocycles. The minimum absolute atomic E-state index is 0.153. The van der Waals surface area contributed by atoms with E-state index >= 15 is 0 Å². The Bertz CT molecular complexity index is 646. The lowest BCUT2D eigenvalue weighted by molar-refractivity contribution is -0.136. The van der Waals surface area contributed by atoms with Crippen LogP contribution in [0.5, 0.6) is 0 Å². The number of carboxylic acid groups (broad SMARTS) is 1. The Balaban J connectivity index is 2.82. The van der Waals surface area contributed by atoms with Gasteiger partial charge in [-0.2, -0.15) is 18.3 Å². The average Bonchev–Trinajstić information content (AvgIpc) is 2.69. The largest absolute Gasteiger partial charge is 0.478 e. The molecule has 0 bridgehead atoms. The van der Waals surface area contributed by atoms with Gasteiger partial charge in [0.2, 0.25) is 0 Å². The third-order valence-electron chi connectivity index (χ3n) is 2.65. The van der Waals surface area contributed by atoms with Crippen molar-refractivity contribution in [2.24, 2.45) is 0 Å². The second-order valence-electron chi connectivity index (χ2n) is 4.31. The molecule has 2 rings (SSSR count). The molecule has 0 saturated carbocycles. The zero-order valence-electron chi connectivity index (χ0n) is 10.1. The fourth-order valence-corrected chi connectivity index (χ4v) is 1.87. The normalized spacial score (nSPS) is 12.3. The average molecular weight is 273 g/mol. The standard InChI is InChI=1S/C11H10F3N3O2/c1-5(2)8-6(10(18)19)3-15-9-7(11(12,13)14)4-16-17(8)9/h3-5H,1-2H3,(H,18,19). The van der Waals surface area contributed by atoms with Crippen LogP contribution in [0, 0.1) is 0 Å². The molecular formula is C11H10F3N3O2. The van der Waals surface area contributed by atoms with E-state index in [1.165, 1.54) is 0 Å². The Morgan fingerprint density at radius 3 is 2.47 bits per heavy atom. The van der Waals surface area contributed by atoms with Crippen molar-refractivity contribution in [3.05, 3.63) is 29.2 Å². The minimum Gasteiger partial charge on any atom is -0.478 e. The van der Waals surface area contributed by atoms with E-state index in [9.17, 15) is 18.0 Å². The van der Waals surface area contributed by atoms with Crippen LogP contribution in [0.25, 0.3) is 5.65 Å². The summed E-state index contributed by atoms with van der Waals surface area (Å²) in [5.74, 6) is -1.56. The molecule has 8 heteroatoms. The lowest BCUT2D eigenvalue weighted by Gasteiger charge is -2.12. The van der Waals surface area contributed by atoms with Gasteiger partial charge in [0.05, 0.1) is 17.5 Å². The van der Waals surface area contributed by atoms with Crippen LogP contribution in [0.4, 0.5) is 13.2 Å². The van der Waals surface area contributed by atoms with Gasteiger partial charge in [-0.15, -0.1) is 0 Å². The van der Waals surface area contributed by atoms with Crippen LogP contribution in [-0.4, -0.2) is 25.7 Å². The van der Waals surface area contributed by atoms with Gasteiger partial charge in [-0.1, -0.05) is 13.8 Å². The number of fused-ring (bicyclic) bond motifs is 1. The van der Waals surface area contributed by atoms with Gasteiger partial charge in [-0.3, -0.25) is 0 Å². The van der Waals surface area contributed by atoms with Crippen LogP contribution in [0.15, 0.2) is 12.4 Å². The van der Waals surface area contributed by atoms with Crippen molar-refractivity contribution >= 4 is 11.6 Å². The van der Waals surface area contributed by atoms with Gasteiger partial charge in [-0.25, -0.2) is 14.3 Å². The summed E-state index contributed by atoms with van der Waals surface area (Å²) in [5.41, 5.74) is -1.33. The number of carboxylic acids is 1. The molecule has 0 aliphatic rings. The van der Waals surface area contributed by atoms with Crippen LogP contribution >= 0.6 is 0 Å². The lowest BCUT2D eigenvalue weighted by atomic mass is 10.1. The molecular weight excluding hydrogens is 263 g/mol. The molecule has 0 fully saturated rings. The molecule has 0 amide bonds. The quantitative estimate of drug-likeness (QED) is 0.913. The van der Waals surface area contributed by atoms with Gasteiger partial charge in [0.15, 0.2) is 5.65 Å². The van der Waals surface area contributed by atoms with Gasteiger partial charge < -0.3 is 5.11 Å². The maximum absolute atomic E-state index is 12.7. The minimum atomic E-state index is -4.58. The molecule has 5 nitrogen and oxygen atoms in total. The topological polar surface area (TPSA) is 67.5 Å². The summed E-state index contributed by atoms with van der Waals surface area (Å²) in [4.78, 5) is 14.6. The molecule has 0 aliphatic carbocycles. The van der Waals surface area contributed by atoms with E-state index in [0.29, 0.717) is 6.20 Å². The second-order valence-corrected chi connectivity index (χ2v) is 4.31. The summed E-state index contributed by atoms with van der Waals surface area (Å²) in [7, 11) is 0. The van der Waals surface area contributed by atoms with E-state index in [-0.39, 0.29) is 22.8 Å². The third-order valence-corrected chi connectivity index (χ3v) is 2.65. The molecule has 0 radical (unpaired) electrons. The molecule has 2 heterocycles. The fraction of sp³-hybridized carbons (Fsp3) is 0.364. The highest BCUT2D eigenvalue weighted by atomic mass is 19.4. The highest BCUT2D eigenvalue weighted by Gasteiger charge is 2.36. The monoisotopic (exact) mass is 273 g/mol. The first kappa shape index (κ1) is 13.3. The Kier molecular flexibility index (Phi) is 2.95. The smallest absolute Gasteiger partial charge is 0.421 e. The Labute approximate surface area is 105 Å². The number of carbonyl (C=O) groups is 1. The summed E-state index contributed by atoms with van der Waals surface area (Å²) < 4.78 is 39.1. The van der Waals surface area contributed by atoms with E-state index in [2.05, 4.69) is 10.1 Å². The zero-order valence-corrected chi connectivity index (χ0v) is 10.1. The SMILES string of the molecule is CC(C)c1c(C(=O)O)cnc2c(C(F)(F)F)cnn12. The van der Waals surface area contributed by atoms with Crippen LogP contribution in [0.3, 0.4) is 0 Å². The zero-order chi connectivity index (χ0) is 14.4. The molecule has 0 aliphatic heterocycles. The van der Waals surface area contributed by atoms with Crippen LogP contribution in [0.2, 0.25) is 0 Å².